The van der Waals surface area contributed by atoms with Gasteiger partial charge in [0.05, 0.1) is 11.8 Å². The summed E-state index contributed by atoms with van der Waals surface area (Å²) in [6.07, 6.45) is 5.53. The number of aromatic nitrogens is 2. The van der Waals surface area contributed by atoms with Crippen LogP contribution in [0.2, 0.25) is 0 Å². The second-order valence-corrected chi connectivity index (χ2v) is 7.34. The van der Waals surface area contributed by atoms with E-state index in [9.17, 15) is 9.90 Å². The van der Waals surface area contributed by atoms with Gasteiger partial charge in [0.15, 0.2) is 5.69 Å². The van der Waals surface area contributed by atoms with Crippen molar-refractivity contribution >= 4 is 5.91 Å². The zero-order chi connectivity index (χ0) is 17.4. The molecular formula is C20H25N3O2. The molecule has 2 atom stereocenters. The lowest BCUT2D eigenvalue weighted by Gasteiger charge is -2.14. The van der Waals surface area contributed by atoms with E-state index in [-0.39, 0.29) is 17.9 Å². The van der Waals surface area contributed by atoms with Crippen molar-refractivity contribution in [1.82, 2.24) is 15.1 Å². The van der Waals surface area contributed by atoms with Gasteiger partial charge in [-0.25, -0.2) is 4.68 Å². The summed E-state index contributed by atoms with van der Waals surface area (Å²) in [5.41, 5.74) is 5.02. The van der Waals surface area contributed by atoms with Crippen molar-refractivity contribution in [1.29, 1.82) is 0 Å². The Balaban J connectivity index is 1.56. The minimum Gasteiger partial charge on any atom is -0.393 e. The van der Waals surface area contributed by atoms with Gasteiger partial charge in [0.25, 0.3) is 5.91 Å². The summed E-state index contributed by atoms with van der Waals surface area (Å²) in [7, 11) is 0. The van der Waals surface area contributed by atoms with Crippen LogP contribution in [-0.2, 0) is 12.8 Å². The fourth-order valence-corrected chi connectivity index (χ4v) is 4.08. The normalized spacial score (nSPS) is 22.2. The van der Waals surface area contributed by atoms with Gasteiger partial charge in [-0.15, -0.1) is 0 Å². The number of fused-ring (bicyclic) bond motifs is 1. The number of aliphatic hydroxyl groups is 1. The van der Waals surface area contributed by atoms with Crippen molar-refractivity contribution in [2.75, 3.05) is 6.54 Å². The summed E-state index contributed by atoms with van der Waals surface area (Å²) in [4.78, 5) is 12.7. The predicted molar refractivity (Wildman–Crippen MR) is 96.0 cm³/mol. The first-order valence-corrected chi connectivity index (χ1v) is 9.27. The van der Waals surface area contributed by atoms with E-state index in [2.05, 4.69) is 41.6 Å². The molecule has 132 valence electrons. The smallest absolute Gasteiger partial charge is 0.272 e. The van der Waals surface area contributed by atoms with Crippen molar-refractivity contribution in [3.8, 4) is 5.69 Å². The molecule has 25 heavy (non-hydrogen) atoms. The molecule has 0 unspecified atom stereocenters. The predicted octanol–water partition coefficient (Wildman–Crippen LogP) is 2.56. The zero-order valence-electron chi connectivity index (χ0n) is 14.7. The van der Waals surface area contributed by atoms with E-state index in [1.54, 1.807) is 0 Å². The van der Waals surface area contributed by atoms with Crippen LogP contribution >= 0.6 is 0 Å². The number of aliphatic hydroxyl groups excluding tert-OH is 1. The van der Waals surface area contributed by atoms with E-state index in [4.69, 9.17) is 0 Å². The average molecular weight is 339 g/mol. The molecule has 1 saturated carbocycles. The molecule has 1 amide bonds. The van der Waals surface area contributed by atoms with Crippen LogP contribution in [-0.4, -0.2) is 33.4 Å². The number of carbonyl (C=O) groups is 1. The molecule has 2 aliphatic rings. The molecule has 1 aromatic heterocycles. The van der Waals surface area contributed by atoms with Crippen LogP contribution < -0.4 is 5.32 Å². The number of hydrogen-bond donors (Lipinski definition) is 2. The third-order valence-electron chi connectivity index (χ3n) is 5.57. The Morgan fingerprint density at radius 1 is 1.24 bits per heavy atom. The van der Waals surface area contributed by atoms with Crippen molar-refractivity contribution in [2.24, 2.45) is 5.92 Å². The first-order chi connectivity index (χ1) is 12.1. The van der Waals surface area contributed by atoms with Gasteiger partial charge in [0.1, 0.15) is 0 Å². The van der Waals surface area contributed by atoms with Crippen molar-refractivity contribution in [2.45, 2.75) is 51.6 Å². The van der Waals surface area contributed by atoms with Crippen LogP contribution in [0.1, 0.15) is 53.0 Å². The Kier molecular flexibility index (Phi) is 4.34. The lowest BCUT2D eigenvalue weighted by molar-refractivity contribution is 0.0910. The third-order valence-corrected chi connectivity index (χ3v) is 5.57. The van der Waals surface area contributed by atoms with Gasteiger partial charge in [-0.1, -0.05) is 24.1 Å². The number of hydrogen-bond acceptors (Lipinski definition) is 3. The fourth-order valence-electron chi connectivity index (χ4n) is 4.08. The van der Waals surface area contributed by atoms with Crippen LogP contribution in [0.3, 0.4) is 0 Å². The topological polar surface area (TPSA) is 67.2 Å². The van der Waals surface area contributed by atoms with Crippen molar-refractivity contribution in [3.05, 3.63) is 46.8 Å². The molecule has 5 nitrogen and oxygen atoms in total. The molecule has 2 aliphatic carbocycles. The number of amides is 1. The number of rotatable bonds is 4. The highest BCUT2D eigenvalue weighted by molar-refractivity contribution is 5.94. The molecule has 0 saturated heterocycles. The Morgan fingerprint density at radius 2 is 2.04 bits per heavy atom. The quantitative estimate of drug-likeness (QED) is 0.900. The number of nitrogens with zero attached hydrogens (tertiary/aromatic N) is 2. The Labute approximate surface area is 148 Å². The molecule has 2 N–H and O–H groups in total. The maximum atomic E-state index is 12.7. The molecule has 0 radical (unpaired) electrons. The summed E-state index contributed by atoms with van der Waals surface area (Å²) < 4.78 is 1.93. The third kappa shape index (κ3) is 3.09. The van der Waals surface area contributed by atoms with E-state index < -0.39 is 0 Å². The lowest BCUT2D eigenvalue weighted by Crippen LogP contribution is -2.33. The minimum atomic E-state index is -0.281. The zero-order valence-corrected chi connectivity index (χ0v) is 14.7. The Bertz CT molecular complexity index is 779. The van der Waals surface area contributed by atoms with Gasteiger partial charge in [-0.3, -0.25) is 4.79 Å². The molecule has 1 heterocycles. The fraction of sp³-hybridized carbons (Fsp3) is 0.500. The van der Waals surface area contributed by atoms with Gasteiger partial charge in [0.2, 0.25) is 0 Å². The summed E-state index contributed by atoms with van der Waals surface area (Å²) in [6.45, 7) is 2.60. The number of aryl methyl sites for hydroxylation is 1. The summed E-state index contributed by atoms with van der Waals surface area (Å²) in [5, 5.41) is 17.6. The molecule has 1 fully saturated rings. The van der Waals surface area contributed by atoms with E-state index in [0.717, 1.165) is 55.5 Å². The SMILES string of the molecule is Cc1ccc(-n2nc(C(=O)NC[C@H]3CCC[C@H]3O)c3c2CCC3)cc1. The lowest BCUT2D eigenvalue weighted by atomic mass is 10.1. The number of benzene rings is 1. The largest absolute Gasteiger partial charge is 0.393 e. The number of carbonyl (C=O) groups excluding carboxylic acids is 1. The van der Waals surface area contributed by atoms with E-state index in [1.807, 2.05) is 4.68 Å². The van der Waals surface area contributed by atoms with Gasteiger partial charge in [-0.05, 0) is 51.2 Å². The van der Waals surface area contributed by atoms with E-state index in [0.29, 0.717) is 12.2 Å². The monoisotopic (exact) mass is 339 g/mol. The summed E-state index contributed by atoms with van der Waals surface area (Å²) in [5.74, 6) is 0.0688. The summed E-state index contributed by atoms with van der Waals surface area (Å²) in [6, 6.07) is 8.24. The summed E-state index contributed by atoms with van der Waals surface area (Å²) >= 11 is 0. The van der Waals surface area contributed by atoms with E-state index >= 15 is 0 Å². The van der Waals surface area contributed by atoms with Crippen LogP contribution in [0.15, 0.2) is 24.3 Å². The maximum Gasteiger partial charge on any atom is 0.272 e. The second kappa shape index (κ2) is 6.64. The molecule has 0 aliphatic heterocycles. The molecular weight excluding hydrogens is 314 g/mol. The van der Waals surface area contributed by atoms with Crippen LogP contribution in [0.25, 0.3) is 5.69 Å². The maximum absolute atomic E-state index is 12.7. The van der Waals surface area contributed by atoms with Crippen LogP contribution in [0.5, 0.6) is 0 Å². The van der Waals surface area contributed by atoms with Crippen LogP contribution in [0.4, 0.5) is 0 Å². The minimum absolute atomic E-state index is 0.108. The highest BCUT2D eigenvalue weighted by atomic mass is 16.3. The molecule has 0 bridgehead atoms. The highest BCUT2D eigenvalue weighted by Crippen LogP contribution is 2.28. The molecule has 2 aromatic rings. The average Bonchev–Trinajstić information content (AvgIpc) is 3.30. The van der Waals surface area contributed by atoms with Crippen molar-refractivity contribution in [3.63, 3.8) is 0 Å². The van der Waals surface area contributed by atoms with Crippen LogP contribution in [0, 0.1) is 12.8 Å². The number of nitrogens with one attached hydrogen (secondary N) is 1. The second-order valence-electron chi connectivity index (χ2n) is 7.34. The molecule has 5 heteroatoms. The van der Waals surface area contributed by atoms with Gasteiger partial charge < -0.3 is 10.4 Å². The highest BCUT2D eigenvalue weighted by Gasteiger charge is 2.29. The van der Waals surface area contributed by atoms with Gasteiger partial charge in [-0.2, -0.15) is 5.10 Å². The Morgan fingerprint density at radius 3 is 2.76 bits per heavy atom. The molecule has 0 spiro atoms. The Hall–Kier alpha value is -2.14. The van der Waals surface area contributed by atoms with Gasteiger partial charge in [0, 0.05) is 23.7 Å². The molecule has 4 rings (SSSR count). The standard InChI is InChI=1S/C20H25N3O2/c1-13-8-10-15(11-9-13)23-17-6-3-5-16(17)19(22-23)20(25)21-12-14-4-2-7-18(14)24/h8-11,14,18,24H,2-7,12H2,1H3,(H,21,25)/t14-,18-/m1/s1. The first-order valence-electron chi connectivity index (χ1n) is 9.27. The van der Waals surface area contributed by atoms with Crippen molar-refractivity contribution < 1.29 is 9.90 Å². The first kappa shape index (κ1) is 16.3. The van der Waals surface area contributed by atoms with E-state index in [1.165, 1.54) is 5.56 Å². The van der Waals surface area contributed by atoms with Gasteiger partial charge >= 0.3 is 0 Å². The molecule has 1 aromatic carbocycles.